The summed E-state index contributed by atoms with van der Waals surface area (Å²) in [6.07, 6.45) is 3.40. The normalized spacial score (nSPS) is 16.6. The predicted molar refractivity (Wildman–Crippen MR) is 108 cm³/mol. The average Bonchev–Trinajstić information content (AvgIpc) is 2.92. The Labute approximate surface area is 164 Å². The number of nitrogens with two attached hydrogens (primary N) is 1. The lowest BCUT2D eigenvalue weighted by Crippen LogP contribution is -2.54. The van der Waals surface area contributed by atoms with Gasteiger partial charge in [-0.2, -0.15) is 5.10 Å². The SMILES string of the molecule is C/C(N)=C(/S)COc1ccc2nn(C)c(C(=O)NC3(CCO)CCC3)c2c1. The Balaban J connectivity index is 1.86. The average molecular weight is 391 g/mol. The van der Waals surface area contributed by atoms with Crippen molar-refractivity contribution >= 4 is 29.4 Å². The van der Waals surface area contributed by atoms with Crippen molar-refractivity contribution in [2.75, 3.05) is 13.2 Å². The summed E-state index contributed by atoms with van der Waals surface area (Å²) in [6.45, 7) is 2.09. The molecule has 1 saturated carbocycles. The highest BCUT2D eigenvalue weighted by molar-refractivity contribution is 7.84. The van der Waals surface area contributed by atoms with Crippen LogP contribution in [-0.2, 0) is 7.05 Å². The van der Waals surface area contributed by atoms with Crippen LogP contribution in [0.1, 0.15) is 43.1 Å². The van der Waals surface area contributed by atoms with Crippen LogP contribution in [0.5, 0.6) is 5.75 Å². The minimum Gasteiger partial charge on any atom is -0.488 e. The molecule has 2 aromatic rings. The van der Waals surface area contributed by atoms with E-state index in [1.165, 1.54) is 0 Å². The number of rotatable bonds is 7. The van der Waals surface area contributed by atoms with Gasteiger partial charge in [0.15, 0.2) is 0 Å². The van der Waals surface area contributed by atoms with Crippen molar-refractivity contribution in [3.63, 3.8) is 0 Å². The number of aryl methyl sites for hydroxylation is 1. The van der Waals surface area contributed by atoms with Gasteiger partial charge in [0.25, 0.3) is 5.91 Å². The van der Waals surface area contributed by atoms with Gasteiger partial charge in [-0.25, -0.2) is 0 Å². The van der Waals surface area contributed by atoms with Crippen LogP contribution in [0.3, 0.4) is 0 Å². The van der Waals surface area contributed by atoms with Gasteiger partial charge in [-0.3, -0.25) is 9.48 Å². The molecular formula is C19H26N4O3S. The van der Waals surface area contributed by atoms with Crippen LogP contribution in [0, 0.1) is 0 Å². The summed E-state index contributed by atoms with van der Waals surface area (Å²) in [5.41, 5.74) is 7.20. The zero-order chi connectivity index (χ0) is 19.6. The molecule has 1 aromatic carbocycles. The Morgan fingerprint density at radius 2 is 2.22 bits per heavy atom. The van der Waals surface area contributed by atoms with Gasteiger partial charge in [0.1, 0.15) is 18.1 Å². The fourth-order valence-corrected chi connectivity index (χ4v) is 3.42. The molecule has 1 aliphatic rings. The molecule has 1 amide bonds. The molecule has 0 aliphatic heterocycles. The van der Waals surface area contributed by atoms with E-state index in [4.69, 9.17) is 10.5 Å². The van der Waals surface area contributed by atoms with E-state index in [0.717, 1.165) is 30.2 Å². The van der Waals surface area contributed by atoms with Gasteiger partial charge in [0, 0.05) is 35.2 Å². The standard InChI is InChI=1S/C19H26N4O3S/c1-12(20)16(27)11-26-13-4-5-15-14(10-13)17(23(2)22-15)18(25)21-19(8-9-24)6-3-7-19/h4-5,10,24,27H,3,6-9,11,20H2,1-2H3,(H,21,25)/b16-12-. The number of amides is 1. The second kappa shape index (κ2) is 7.82. The lowest BCUT2D eigenvalue weighted by atomic mass is 9.74. The Bertz CT molecular complexity index is 882. The van der Waals surface area contributed by atoms with Crippen LogP contribution in [0.2, 0.25) is 0 Å². The monoisotopic (exact) mass is 390 g/mol. The van der Waals surface area contributed by atoms with Crippen LogP contribution in [0.25, 0.3) is 10.9 Å². The Morgan fingerprint density at radius 1 is 1.48 bits per heavy atom. The first kappa shape index (κ1) is 19.6. The summed E-state index contributed by atoms with van der Waals surface area (Å²) < 4.78 is 7.32. The Kier molecular flexibility index (Phi) is 5.67. The summed E-state index contributed by atoms with van der Waals surface area (Å²) >= 11 is 4.30. The van der Waals surface area contributed by atoms with Crippen LogP contribution >= 0.6 is 12.6 Å². The molecule has 1 aliphatic carbocycles. The maximum Gasteiger partial charge on any atom is 0.270 e. The third-order valence-electron chi connectivity index (χ3n) is 5.13. The third-order valence-corrected chi connectivity index (χ3v) is 5.61. The van der Waals surface area contributed by atoms with E-state index in [1.807, 2.05) is 18.2 Å². The number of benzene rings is 1. The number of fused-ring (bicyclic) bond motifs is 1. The van der Waals surface area contributed by atoms with Gasteiger partial charge in [-0.05, 0) is 50.8 Å². The molecule has 7 nitrogen and oxygen atoms in total. The fourth-order valence-electron chi connectivity index (χ4n) is 3.36. The van der Waals surface area contributed by atoms with Crippen molar-refractivity contribution in [1.29, 1.82) is 0 Å². The smallest absolute Gasteiger partial charge is 0.270 e. The molecule has 8 heteroatoms. The number of hydrogen-bond donors (Lipinski definition) is 4. The molecule has 1 fully saturated rings. The summed E-state index contributed by atoms with van der Waals surface area (Å²) in [7, 11) is 1.75. The summed E-state index contributed by atoms with van der Waals surface area (Å²) in [4.78, 5) is 13.6. The zero-order valence-corrected chi connectivity index (χ0v) is 16.6. The molecule has 3 rings (SSSR count). The minimum atomic E-state index is -0.305. The number of thiol groups is 1. The van der Waals surface area contributed by atoms with Crippen LogP contribution in [0.4, 0.5) is 0 Å². The Hall–Kier alpha value is -2.19. The molecule has 0 spiro atoms. The van der Waals surface area contributed by atoms with Gasteiger partial charge < -0.3 is 20.9 Å². The largest absolute Gasteiger partial charge is 0.488 e. The molecule has 0 unspecified atom stereocenters. The topological polar surface area (TPSA) is 102 Å². The van der Waals surface area contributed by atoms with E-state index in [9.17, 15) is 9.90 Å². The lowest BCUT2D eigenvalue weighted by Gasteiger charge is -2.42. The van der Waals surface area contributed by atoms with Crippen molar-refractivity contribution in [3.8, 4) is 5.75 Å². The number of carbonyl (C=O) groups is 1. The number of allylic oxidation sites excluding steroid dienone is 1. The second-order valence-corrected chi connectivity index (χ2v) is 7.67. The van der Waals surface area contributed by atoms with E-state index in [-0.39, 0.29) is 24.7 Å². The minimum absolute atomic E-state index is 0.0601. The maximum atomic E-state index is 13.0. The lowest BCUT2D eigenvalue weighted by molar-refractivity contribution is 0.0764. The fraction of sp³-hybridized carbons (Fsp3) is 0.474. The number of hydrogen-bond acceptors (Lipinski definition) is 6. The van der Waals surface area contributed by atoms with Crippen molar-refractivity contribution < 1.29 is 14.6 Å². The molecule has 27 heavy (non-hydrogen) atoms. The van der Waals surface area contributed by atoms with E-state index in [1.54, 1.807) is 18.7 Å². The van der Waals surface area contributed by atoms with Gasteiger partial charge in [-0.1, -0.05) is 0 Å². The maximum absolute atomic E-state index is 13.0. The summed E-state index contributed by atoms with van der Waals surface area (Å²) in [6, 6.07) is 5.44. The van der Waals surface area contributed by atoms with E-state index < -0.39 is 0 Å². The van der Waals surface area contributed by atoms with E-state index in [2.05, 4.69) is 23.0 Å². The van der Waals surface area contributed by atoms with E-state index >= 15 is 0 Å². The van der Waals surface area contributed by atoms with Crippen LogP contribution in [-0.4, -0.2) is 39.5 Å². The molecule has 4 N–H and O–H groups in total. The number of aromatic nitrogens is 2. The first-order valence-electron chi connectivity index (χ1n) is 9.02. The van der Waals surface area contributed by atoms with Crippen LogP contribution in [0.15, 0.2) is 28.8 Å². The number of carbonyl (C=O) groups excluding carboxylic acids is 1. The van der Waals surface area contributed by atoms with Crippen molar-refractivity contribution in [3.05, 3.63) is 34.5 Å². The second-order valence-electron chi connectivity index (χ2n) is 7.13. The number of nitrogens with one attached hydrogen (secondary N) is 1. The number of nitrogens with zero attached hydrogens (tertiary/aromatic N) is 2. The molecule has 1 heterocycles. The number of aliphatic hydroxyl groups excluding tert-OH is 1. The highest BCUT2D eigenvalue weighted by Crippen LogP contribution is 2.35. The van der Waals surface area contributed by atoms with Crippen molar-refractivity contribution in [2.45, 2.75) is 38.1 Å². The molecule has 0 saturated heterocycles. The Morgan fingerprint density at radius 3 is 2.81 bits per heavy atom. The van der Waals surface area contributed by atoms with Crippen LogP contribution < -0.4 is 15.8 Å². The van der Waals surface area contributed by atoms with Gasteiger partial charge in [0.05, 0.1) is 5.52 Å². The molecule has 146 valence electrons. The molecule has 0 radical (unpaired) electrons. The van der Waals surface area contributed by atoms with Gasteiger partial charge in [-0.15, -0.1) is 12.6 Å². The summed E-state index contributed by atoms with van der Waals surface area (Å²) in [5.74, 6) is 0.434. The molecule has 0 bridgehead atoms. The first-order chi connectivity index (χ1) is 12.8. The summed E-state index contributed by atoms with van der Waals surface area (Å²) in [5, 5.41) is 17.6. The van der Waals surface area contributed by atoms with Gasteiger partial charge in [0.2, 0.25) is 0 Å². The number of ether oxygens (including phenoxy) is 1. The van der Waals surface area contributed by atoms with Crippen molar-refractivity contribution in [2.24, 2.45) is 12.8 Å². The molecule has 1 aromatic heterocycles. The zero-order valence-electron chi connectivity index (χ0n) is 15.7. The van der Waals surface area contributed by atoms with Crippen molar-refractivity contribution in [1.82, 2.24) is 15.1 Å². The quantitative estimate of drug-likeness (QED) is 0.542. The highest BCUT2D eigenvalue weighted by Gasteiger charge is 2.38. The number of aliphatic hydroxyl groups is 1. The predicted octanol–water partition coefficient (Wildman–Crippen LogP) is 2.11. The first-order valence-corrected chi connectivity index (χ1v) is 9.47. The third kappa shape index (κ3) is 4.06. The highest BCUT2D eigenvalue weighted by atomic mass is 32.1. The molecular weight excluding hydrogens is 364 g/mol. The van der Waals surface area contributed by atoms with E-state index in [0.29, 0.717) is 28.5 Å². The molecule has 0 atom stereocenters. The van der Waals surface area contributed by atoms with Gasteiger partial charge >= 0.3 is 0 Å².